The van der Waals surface area contributed by atoms with Crippen molar-refractivity contribution >= 4 is 17.2 Å². The monoisotopic (exact) mass is 317 g/mol. The molecule has 0 fully saturated rings. The Bertz CT molecular complexity index is 673. The Morgan fingerprint density at radius 3 is 2.67 bits per heavy atom. The second-order valence-corrected chi connectivity index (χ2v) is 5.70. The molecule has 0 aliphatic heterocycles. The second-order valence-electron chi connectivity index (χ2n) is 4.76. The molecule has 0 unspecified atom stereocenters. The average molecular weight is 317 g/mol. The highest BCUT2D eigenvalue weighted by molar-refractivity contribution is 7.10. The highest BCUT2D eigenvalue weighted by atomic mass is 32.1. The van der Waals surface area contributed by atoms with E-state index in [0.717, 1.165) is 0 Å². The third-order valence-electron chi connectivity index (χ3n) is 3.06. The van der Waals surface area contributed by atoms with E-state index in [2.05, 4.69) is 4.98 Å². The molecule has 4 nitrogen and oxygen atoms in total. The van der Waals surface area contributed by atoms with E-state index in [1.54, 1.807) is 25.3 Å². The molecular formula is C13H14F3N3OS. The van der Waals surface area contributed by atoms with Crippen LogP contribution in [0.4, 0.5) is 13.2 Å². The number of thiazole rings is 1. The van der Waals surface area contributed by atoms with E-state index in [4.69, 9.17) is 5.73 Å². The van der Waals surface area contributed by atoms with Gasteiger partial charge in [-0.3, -0.25) is 4.79 Å². The van der Waals surface area contributed by atoms with Gasteiger partial charge < -0.3 is 10.3 Å². The Labute approximate surface area is 123 Å². The van der Waals surface area contributed by atoms with Crippen LogP contribution in [0.15, 0.2) is 11.4 Å². The van der Waals surface area contributed by atoms with Gasteiger partial charge in [0.05, 0.1) is 12.1 Å². The van der Waals surface area contributed by atoms with Crippen LogP contribution in [0.25, 0.3) is 11.3 Å². The molecule has 2 aromatic rings. The first kappa shape index (κ1) is 15.6. The topological polar surface area (TPSA) is 60.9 Å². The van der Waals surface area contributed by atoms with Crippen LogP contribution in [0.3, 0.4) is 0 Å². The summed E-state index contributed by atoms with van der Waals surface area (Å²) in [5.41, 5.74) is 7.33. The molecular weight excluding hydrogens is 303 g/mol. The van der Waals surface area contributed by atoms with E-state index in [1.807, 2.05) is 0 Å². The molecule has 0 saturated heterocycles. The fraction of sp³-hybridized carbons (Fsp3) is 0.385. The Balaban J connectivity index is 2.35. The Hall–Kier alpha value is -1.83. The number of nitrogens with two attached hydrogens (primary N) is 1. The molecule has 0 bridgehead atoms. The van der Waals surface area contributed by atoms with Gasteiger partial charge in [-0.1, -0.05) is 0 Å². The normalized spacial score (nSPS) is 11.9. The third kappa shape index (κ3) is 3.63. The number of halogens is 3. The minimum absolute atomic E-state index is 0.0337. The average Bonchev–Trinajstić information content (AvgIpc) is 2.87. The van der Waals surface area contributed by atoms with Crippen molar-refractivity contribution in [2.75, 3.05) is 0 Å². The lowest BCUT2D eigenvalue weighted by atomic mass is 10.2. The van der Waals surface area contributed by atoms with Gasteiger partial charge in [-0.05, 0) is 19.9 Å². The minimum atomic E-state index is -4.27. The summed E-state index contributed by atoms with van der Waals surface area (Å²) in [5, 5.41) is 2.27. The number of nitrogens with zero attached hydrogens (tertiary/aromatic N) is 2. The number of hydrogen-bond donors (Lipinski definition) is 1. The standard InChI is InChI=1S/C13H14F3N3OS/c1-7-3-9(8(2)19(7)6-13(14,15)16)10-5-21-12(18-10)4-11(17)20/h3,5H,4,6H2,1-2H3,(H2,17,20). The van der Waals surface area contributed by atoms with E-state index in [9.17, 15) is 18.0 Å². The maximum atomic E-state index is 12.6. The Kier molecular flexibility index (Phi) is 4.08. The maximum absolute atomic E-state index is 12.6. The van der Waals surface area contributed by atoms with E-state index in [-0.39, 0.29) is 6.42 Å². The van der Waals surface area contributed by atoms with Crippen LogP contribution < -0.4 is 5.73 Å². The molecule has 2 heterocycles. The summed E-state index contributed by atoms with van der Waals surface area (Å²) in [5.74, 6) is -0.488. The zero-order valence-corrected chi connectivity index (χ0v) is 12.3. The number of carbonyl (C=O) groups is 1. The molecule has 0 atom stereocenters. The van der Waals surface area contributed by atoms with Crippen molar-refractivity contribution in [2.24, 2.45) is 5.73 Å². The van der Waals surface area contributed by atoms with Gasteiger partial charge in [0, 0.05) is 22.3 Å². The molecule has 0 radical (unpaired) electrons. The number of aryl methyl sites for hydroxylation is 1. The molecule has 8 heteroatoms. The fourth-order valence-corrected chi connectivity index (χ4v) is 2.95. The van der Waals surface area contributed by atoms with Gasteiger partial charge in [-0.25, -0.2) is 4.98 Å². The highest BCUT2D eigenvalue weighted by Gasteiger charge is 2.30. The number of carbonyl (C=O) groups excluding carboxylic acids is 1. The first-order valence-corrected chi connectivity index (χ1v) is 7.02. The van der Waals surface area contributed by atoms with Crippen molar-refractivity contribution in [2.45, 2.75) is 33.0 Å². The molecule has 0 aromatic carbocycles. The molecule has 2 rings (SSSR count). The summed E-state index contributed by atoms with van der Waals surface area (Å²) < 4.78 is 38.9. The zero-order valence-electron chi connectivity index (χ0n) is 11.5. The van der Waals surface area contributed by atoms with Crippen LogP contribution >= 0.6 is 11.3 Å². The first-order valence-electron chi connectivity index (χ1n) is 6.14. The number of alkyl halides is 3. The lowest BCUT2D eigenvalue weighted by Gasteiger charge is -2.12. The van der Waals surface area contributed by atoms with Gasteiger partial charge >= 0.3 is 6.18 Å². The molecule has 2 N–H and O–H groups in total. The lowest BCUT2D eigenvalue weighted by molar-refractivity contribution is -0.141. The summed E-state index contributed by atoms with van der Waals surface area (Å²) >= 11 is 1.27. The van der Waals surface area contributed by atoms with Crippen molar-refractivity contribution in [3.63, 3.8) is 0 Å². The summed E-state index contributed by atoms with van der Waals surface area (Å²) in [6, 6.07) is 1.67. The molecule has 114 valence electrons. The van der Waals surface area contributed by atoms with Crippen LogP contribution in [0, 0.1) is 13.8 Å². The van der Waals surface area contributed by atoms with Crippen LogP contribution in [-0.4, -0.2) is 21.6 Å². The molecule has 1 amide bonds. The smallest absolute Gasteiger partial charge is 0.369 e. The summed E-state index contributed by atoms with van der Waals surface area (Å²) in [4.78, 5) is 15.1. The van der Waals surface area contributed by atoms with Gasteiger partial charge in [-0.15, -0.1) is 11.3 Å². The summed E-state index contributed by atoms with van der Waals surface area (Å²) in [7, 11) is 0. The zero-order chi connectivity index (χ0) is 15.8. The van der Waals surface area contributed by atoms with Crippen LogP contribution in [-0.2, 0) is 17.8 Å². The lowest BCUT2D eigenvalue weighted by Crippen LogP contribution is -2.19. The predicted octanol–water partition coefficient (Wildman–Crippen LogP) is 2.82. The predicted molar refractivity (Wildman–Crippen MR) is 74.0 cm³/mol. The molecule has 0 aliphatic carbocycles. The van der Waals surface area contributed by atoms with Crippen LogP contribution in [0.1, 0.15) is 16.4 Å². The van der Waals surface area contributed by atoms with Crippen molar-refractivity contribution in [1.82, 2.24) is 9.55 Å². The number of amides is 1. The Morgan fingerprint density at radius 1 is 1.43 bits per heavy atom. The fourth-order valence-electron chi connectivity index (χ4n) is 2.15. The largest absolute Gasteiger partial charge is 0.406 e. The van der Waals surface area contributed by atoms with Gasteiger partial charge in [0.1, 0.15) is 11.6 Å². The molecule has 2 aromatic heterocycles. The molecule has 0 saturated carbocycles. The SMILES string of the molecule is Cc1cc(-c2csc(CC(N)=O)n2)c(C)n1CC(F)(F)F. The maximum Gasteiger partial charge on any atom is 0.406 e. The van der Waals surface area contributed by atoms with E-state index >= 15 is 0 Å². The van der Waals surface area contributed by atoms with E-state index < -0.39 is 18.6 Å². The van der Waals surface area contributed by atoms with E-state index in [1.165, 1.54) is 15.9 Å². The van der Waals surface area contributed by atoms with Gasteiger partial charge in [-0.2, -0.15) is 13.2 Å². The summed E-state index contributed by atoms with van der Waals surface area (Å²) in [6.07, 6.45) is -4.24. The quantitative estimate of drug-likeness (QED) is 0.942. The van der Waals surface area contributed by atoms with Gasteiger partial charge in [0.25, 0.3) is 0 Å². The first-order chi connectivity index (χ1) is 9.67. The third-order valence-corrected chi connectivity index (χ3v) is 3.91. The number of primary amides is 1. The van der Waals surface area contributed by atoms with Crippen molar-refractivity contribution in [1.29, 1.82) is 0 Å². The number of rotatable bonds is 4. The van der Waals surface area contributed by atoms with Gasteiger partial charge in [0.2, 0.25) is 5.91 Å². The van der Waals surface area contributed by atoms with Gasteiger partial charge in [0.15, 0.2) is 0 Å². The highest BCUT2D eigenvalue weighted by Crippen LogP contribution is 2.30. The number of aromatic nitrogens is 2. The molecule has 21 heavy (non-hydrogen) atoms. The molecule has 0 aliphatic rings. The number of hydrogen-bond acceptors (Lipinski definition) is 3. The minimum Gasteiger partial charge on any atom is -0.369 e. The van der Waals surface area contributed by atoms with Crippen LogP contribution in [0.5, 0.6) is 0 Å². The molecule has 0 spiro atoms. The summed E-state index contributed by atoms with van der Waals surface area (Å²) in [6.45, 7) is 2.23. The van der Waals surface area contributed by atoms with Crippen molar-refractivity contribution in [3.05, 3.63) is 27.8 Å². The second kappa shape index (κ2) is 5.51. The Morgan fingerprint density at radius 2 is 2.10 bits per heavy atom. The van der Waals surface area contributed by atoms with E-state index in [0.29, 0.717) is 27.7 Å². The van der Waals surface area contributed by atoms with Crippen molar-refractivity contribution in [3.8, 4) is 11.3 Å². The van der Waals surface area contributed by atoms with Crippen LogP contribution in [0.2, 0.25) is 0 Å². The van der Waals surface area contributed by atoms with Crippen molar-refractivity contribution < 1.29 is 18.0 Å².